The van der Waals surface area contributed by atoms with E-state index < -0.39 is 0 Å². The van der Waals surface area contributed by atoms with Crippen molar-refractivity contribution in [2.45, 2.75) is 19.8 Å². The van der Waals surface area contributed by atoms with Crippen LogP contribution in [0.2, 0.25) is 0 Å². The van der Waals surface area contributed by atoms with E-state index in [-0.39, 0.29) is 9.92 Å². The van der Waals surface area contributed by atoms with Gasteiger partial charge in [0.1, 0.15) is 0 Å². The van der Waals surface area contributed by atoms with Crippen LogP contribution in [0.3, 0.4) is 0 Å². The number of piperidine rings is 1. The van der Waals surface area contributed by atoms with Crippen molar-refractivity contribution in [2.24, 2.45) is 5.92 Å². The number of nitrogens with zero attached hydrogens (tertiary/aromatic N) is 2. The summed E-state index contributed by atoms with van der Waals surface area (Å²) >= 11 is 1.28. The van der Waals surface area contributed by atoms with Gasteiger partial charge in [0.25, 0.3) is 0 Å². The fraction of sp³-hybridized carbons (Fsp3) is 0.600. The molecule has 0 spiro atoms. The summed E-state index contributed by atoms with van der Waals surface area (Å²) in [6.45, 7) is 4.29. The molecule has 1 aliphatic rings. The molecule has 4 nitrogen and oxygen atoms in total. The minimum Gasteiger partial charge on any atom is -0.363 e. The maximum absolute atomic E-state index is 10.6. The first-order valence-corrected chi connectivity index (χ1v) is 5.97. The van der Waals surface area contributed by atoms with E-state index in [0.29, 0.717) is 5.92 Å². The molecule has 0 N–H and O–H groups in total. The number of thiophene rings is 1. The van der Waals surface area contributed by atoms with Crippen molar-refractivity contribution in [3.63, 3.8) is 0 Å². The Morgan fingerprint density at radius 1 is 1.60 bits per heavy atom. The van der Waals surface area contributed by atoms with Crippen molar-refractivity contribution in [1.82, 2.24) is 0 Å². The average Bonchev–Trinajstić information content (AvgIpc) is 2.66. The van der Waals surface area contributed by atoms with Gasteiger partial charge in [-0.05, 0) is 36.2 Å². The minimum atomic E-state index is -0.318. The highest BCUT2D eigenvalue weighted by Crippen LogP contribution is 2.33. The Morgan fingerprint density at radius 3 is 3.00 bits per heavy atom. The monoisotopic (exact) mass is 226 g/mol. The summed E-state index contributed by atoms with van der Waals surface area (Å²) in [4.78, 5) is 12.5. The highest BCUT2D eigenvalue weighted by Gasteiger charge is 2.20. The van der Waals surface area contributed by atoms with Gasteiger partial charge in [0.2, 0.25) is 0 Å². The van der Waals surface area contributed by atoms with Crippen LogP contribution in [0.4, 0.5) is 10.0 Å². The molecule has 1 aliphatic heterocycles. The molecule has 1 atom stereocenters. The van der Waals surface area contributed by atoms with Gasteiger partial charge in [-0.15, -0.1) is 0 Å². The Bertz CT molecular complexity index is 364. The maximum Gasteiger partial charge on any atom is 0.326 e. The molecule has 2 heterocycles. The van der Waals surface area contributed by atoms with E-state index in [1.165, 1.54) is 24.2 Å². The second-order valence-corrected chi connectivity index (χ2v) is 5.10. The second-order valence-electron chi connectivity index (χ2n) is 4.06. The molecule has 1 fully saturated rings. The molecule has 1 unspecified atom stereocenters. The van der Waals surface area contributed by atoms with Crippen molar-refractivity contribution in [3.05, 3.63) is 22.2 Å². The second kappa shape index (κ2) is 4.18. The Kier molecular flexibility index (Phi) is 2.90. The summed E-state index contributed by atoms with van der Waals surface area (Å²) in [7, 11) is 0. The van der Waals surface area contributed by atoms with Gasteiger partial charge in [-0.3, -0.25) is 10.1 Å². The van der Waals surface area contributed by atoms with Gasteiger partial charge in [-0.2, -0.15) is 0 Å². The van der Waals surface area contributed by atoms with Crippen molar-refractivity contribution in [1.29, 1.82) is 0 Å². The molecule has 82 valence electrons. The van der Waals surface area contributed by atoms with Gasteiger partial charge in [0, 0.05) is 19.2 Å². The number of anilines is 1. The van der Waals surface area contributed by atoms with Crippen molar-refractivity contribution in [3.8, 4) is 0 Å². The Balaban J connectivity index is 2.11. The van der Waals surface area contributed by atoms with Crippen molar-refractivity contribution < 1.29 is 4.92 Å². The van der Waals surface area contributed by atoms with E-state index in [0.717, 1.165) is 18.1 Å². The number of hydrogen-bond donors (Lipinski definition) is 0. The summed E-state index contributed by atoms with van der Waals surface area (Å²) in [6, 6.07) is 3.46. The van der Waals surface area contributed by atoms with Gasteiger partial charge in [0.15, 0.2) is 0 Å². The van der Waals surface area contributed by atoms with Crippen LogP contribution < -0.4 is 4.90 Å². The van der Waals surface area contributed by atoms with E-state index in [1.54, 1.807) is 6.07 Å². The topological polar surface area (TPSA) is 46.4 Å². The highest BCUT2D eigenvalue weighted by atomic mass is 32.1. The summed E-state index contributed by atoms with van der Waals surface area (Å²) < 4.78 is 0. The predicted molar refractivity (Wildman–Crippen MR) is 61.6 cm³/mol. The molecule has 0 saturated carbocycles. The molecular formula is C10H14N2O2S. The summed E-state index contributed by atoms with van der Waals surface area (Å²) in [5, 5.41) is 11.8. The molecule has 0 aliphatic carbocycles. The van der Waals surface area contributed by atoms with Crippen molar-refractivity contribution >= 4 is 21.3 Å². The SMILES string of the molecule is CC1CCCN(c2ccc([N+](=O)[O-])s2)C1. The first-order chi connectivity index (χ1) is 7.16. The van der Waals surface area contributed by atoms with Crippen LogP contribution in [0.15, 0.2) is 12.1 Å². The molecule has 2 rings (SSSR count). The molecule has 1 aromatic rings. The fourth-order valence-corrected chi connectivity index (χ4v) is 2.83. The zero-order valence-electron chi connectivity index (χ0n) is 8.68. The lowest BCUT2D eigenvalue weighted by Gasteiger charge is -2.31. The summed E-state index contributed by atoms with van der Waals surface area (Å²) in [5.41, 5.74) is 0. The van der Waals surface area contributed by atoms with E-state index in [1.807, 2.05) is 6.07 Å². The quantitative estimate of drug-likeness (QED) is 0.575. The van der Waals surface area contributed by atoms with Gasteiger partial charge in [-0.1, -0.05) is 6.92 Å². The zero-order valence-corrected chi connectivity index (χ0v) is 9.50. The van der Waals surface area contributed by atoms with Crippen LogP contribution >= 0.6 is 11.3 Å². The molecule has 5 heteroatoms. The van der Waals surface area contributed by atoms with Crippen LogP contribution in [0.1, 0.15) is 19.8 Å². The van der Waals surface area contributed by atoms with Crippen LogP contribution in [-0.4, -0.2) is 18.0 Å². The lowest BCUT2D eigenvalue weighted by Crippen LogP contribution is -2.33. The van der Waals surface area contributed by atoms with Crippen LogP contribution in [0.5, 0.6) is 0 Å². The van der Waals surface area contributed by atoms with Gasteiger partial charge < -0.3 is 4.90 Å². The largest absolute Gasteiger partial charge is 0.363 e. The normalized spacial score (nSPS) is 21.7. The van der Waals surface area contributed by atoms with Gasteiger partial charge in [0.05, 0.1) is 9.92 Å². The van der Waals surface area contributed by atoms with E-state index in [2.05, 4.69) is 11.8 Å². The molecule has 1 aromatic heterocycles. The molecule has 0 aromatic carbocycles. The Labute approximate surface area is 92.7 Å². The summed E-state index contributed by atoms with van der Waals surface area (Å²) in [6.07, 6.45) is 2.46. The van der Waals surface area contributed by atoms with E-state index in [9.17, 15) is 10.1 Å². The lowest BCUT2D eigenvalue weighted by molar-refractivity contribution is -0.380. The first kappa shape index (κ1) is 10.4. The Hall–Kier alpha value is -1.10. The third-order valence-corrected chi connectivity index (χ3v) is 3.82. The molecule has 1 saturated heterocycles. The third-order valence-electron chi connectivity index (χ3n) is 2.73. The first-order valence-electron chi connectivity index (χ1n) is 5.16. The summed E-state index contributed by atoms with van der Waals surface area (Å²) in [5.74, 6) is 0.694. The third kappa shape index (κ3) is 2.28. The molecular weight excluding hydrogens is 212 g/mol. The van der Waals surface area contributed by atoms with Gasteiger partial charge >= 0.3 is 5.00 Å². The van der Waals surface area contributed by atoms with Crippen LogP contribution in [0.25, 0.3) is 0 Å². The Morgan fingerprint density at radius 2 is 2.40 bits per heavy atom. The average molecular weight is 226 g/mol. The molecule has 15 heavy (non-hydrogen) atoms. The molecule has 0 radical (unpaired) electrons. The fourth-order valence-electron chi connectivity index (χ4n) is 1.98. The molecule has 0 amide bonds. The smallest absolute Gasteiger partial charge is 0.326 e. The number of rotatable bonds is 2. The minimum absolute atomic E-state index is 0.239. The number of hydrogen-bond acceptors (Lipinski definition) is 4. The van der Waals surface area contributed by atoms with Crippen molar-refractivity contribution in [2.75, 3.05) is 18.0 Å². The lowest BCUT2D eigenvalue weighted by atomic mass is 10.0. The highest BCUT2D eigenvalue weighted by molar-refractivity contribution is 7.19. The number of nitro groups is 1. The van der Waals surface area contributed by atoms with Crippen LogP contribution in [-0.2, 0) is 0 Å². The predicted octanol–water partition coefficient (Wildman–Crippen LogP) is 2.89. The maximum atomic E-state index is 10.6. The molecule has 0 bridgehead atoms. The van der Waals surface area contributed by atoms with Gasteiger partial charge in [-0.25, -0.2) is 0 Å². The standard InChI is InChI=1S/C10H14N2O2S/c1-8-3-2-6-11(7-8)9-4-5-10(15-9)12(13)14/h4-5,8H,2-3,6-7H2,1H3. The zero-order chi connectivity index (χ0) is 10.8. The van der Waals surface area contributed by atoms with Crippen LogP contribution in [0, 0.1) is 16.0 Å². The van der Waals surface area contributed by atoms with E-state index in [4.69, 9.17) is 0 Å². The van der Waals surface area contributed by atoms with E-state index >= 15 is 0 Å².